The second kappa shape index (κ2) is 6.02. The first-order chi connectivity index (χ1) is 10.5. The molecule has 0 aliphatic carbocycles. The number of aromatic amines is 1. The maximum atomic E-state index is 12.1. The van der Waals surface area contributed by atoms with E-state index in [1.165, 1.54) is 11.8 Å². The van der Waals surface area contributed by atoms with Crippen molar-refractivity contribution in [3.63, 3.8) is 0 Å². The second-order valence-electron chi connectivity index (χ2n) is 4.79. The lowest BCUT2D eigenvalue weighted by molar-refractivity contribution is -0.115. The third-order valence-electron chi connectivity index (χ3n) is 2.95. The number of halogens is 1. The van der Waals surface area contributed by atoms with Gasteiger partial charge in [-0.3, -0.25) is 10.1 Å². The minimum Gasteiger partial charge on any atom is -0.338 e. The number of thioether (sulfide) groups is 1. The predicted molar refractivity (Wildman–Crippen MR) is 86.3 cm³/mol. The van der Waals surface area contributed by atoms with Gasteiger partial charge in [-0.25, -0.2) is 4.98 Å². The quantitative estimate of drug-likeness (QED) is 0.711. The van der Waals surface area contributed by atoms with Crippen molar-refractivity contribution < 1.29 is 9.32 Å². The molecule has 22 heavy (non-hydrogen) atoms. The Labute approximate surface area is 135 Å². The standard InChI is InChI=1S/C14H13ClN4O2S/c1-7-5-12(21-19-7)18-13(20)8(2)22-14-16-10-4-3-9(15)6-11(10)17-14/h3-6,8H,1-2H3,(H,16,17)(H,18,20)/t8-/m1/s1. The Hall–Kier alpha value is -1.99. The number of amides is 1. The van der Waals surface area contributed by atoms with E-state index in [0.717, 1.165) is 11.0 Å². The first-order valence-corrected chi connectivity index (χ1v) is 7.83. The molecule has 2 aromatic heterocycles. The van der Waals surface area contributed by atoms with Crippen molar-refractivity contribution in [2.45, 2.75) is 24.3 Å². The Morgan fingerprint density at radius 1 is 1.45 bits per heavy atom. The van der Waals surface area contributed by atoms with Crippen LogP contribution in [0, 0.1) is 6.92 Å². The highest BCUT2D eigenvalue weighted by molar-refractivity contribution is 8.00. The smallest absolute Gasteiger partial charge is 0.240 e. The Balaban J connectivity index is 1.69. The van der Waals surface area contributed by atoms with Gasteiger partial charge in [0.05, 0.1) is 22.0 Å². The molecule has 0 saturated carbocycles. The fourth-order valence-corrected chi connectivity index (χ4v) is 2.87. The van der Waals surface area contributed by atoms with Crippen LogP contribution >= 0.6 is 23.4 Å². The molecule has 0 fully saturated rings. The average molecular weight is 337 g/mol. The van der Waals surface area contributed by atoms with Crippen LogP contribution in [0.15, 0.2) is 33.9 Å². The van der Waals surface area contributed by atoms with Crippen LogP contribution in [0.25, 0.3) is 11.0 Å². The Bertz CT molecular complexity index is 829. The zero-order valence-corrected chi connectivity index (χ0v) is 13.5. The highest BCUT2D eigenvalue weighted by Crippen LogP contribution is 2.25. The Morgan fingerprint density at radius 3 is 3.00 bits per heavy atom. The molecule has 0 saturated heterocycles. The molecule has 0 bridgehead atoms. The molecule has 0 spiro atoms. The average Bonchev–Trinajstić information content (AvgIpc) is 3.04. The Kier molecular flexibility index (Phi) is 4.08. The van der Waals surface area contributed by atoms with Crippen molar-refractivity contribution in [2.24, 2.45) is 0 Å². The minimum absolute atomic E-state index is 0.181. The van der Waals surface area contributed by atoms with Crippen molar-refractivity contribution in [3.8, 4) is 0 Å². The van der Waals surface area contributed by atoms with Gasteiger partial charge >= 0.3 is 0 Å². The number of imidazole rings is 1. The molecule has 6 nitrogen and oxygen atoms in total. The van der Waals surface area contributed by atoms with Crippen molar-refractivity contribution in [3.05, 3.63) is 35.0 Å². The van der Waals surface area contributed by atoms with E-state index in [9.17, 15) is 4.79 Å². The molecule has 0 aliphatic rings. The van der Waals surface area contributed by atoms with E-state index in [1.54, 1.807) is 32.0 Å². The van der Waals surface area contributed by atoms with Crippen molar-refractivity contribution in [2.75, 3.05) is 5.32 Å². The molecule has 1 aromatic carbocycles. The van der Waals surface area contributed by atoms with E-state index >= 15 is 0 Å². The fraction of sp³-hybridized carbons (Fsp3) is 0.214. The number of fused-ring (bicyclic) bond motifs is 1. The number of carbonyl (C=O) groups is 1. The SMILES string of the molecule is Cc1cc(NC(=O)[C@@H](C)Sc2nc3ccc(Cl)cc3[nH]2)on1. The number of aromatic nitrogens is 3. The number of hydrogen-bond donors (Lipinski definition) is 2. The molecular weight excluding hydrogens is 324 g/mol. The lowest BCUT2D eigenvalue weighted by Crippen LogP contribution is -2.22. The third-order valence-corrected chi connectivity index (χ3v) is 4.17. The zero-order valence-electron chi connectivity index (χ0n) is 11.9. The summed E-state index contributed by atoms with van der Waals surface area (Å²) in [6.45, 7) is 3.58. The number of H-pyrrole nitrogens is 1. The number of aryl methyl sites for hydroxylation is 1. The van der Waals surface area contributed by atoms with Crippen LogP contribution in [-0.2, 0) is 4.79 Å². The summed E-state index contributed by atoms with van der Waals surface area (Å²) in [5.74, 6) is 0.158. The van der Waals surface area contributed by atoms with Crippen LogP contribution in [0.5, 0.6) is 0 Å². The van der Waals surface area contributed by atoms with Gasteiger partial charge in [-0.1, -0.05) is 28.5 Å². The van der Waals surface area contributed by atoms with Gasteiger partial charge in [-0.15, -0.1) is 0 Å². The van der Waals surface area contributed by atoms with Crippen molar-refractivity contribution in [1.29, 1.82) is 0 Å². The third kappa shape index (κ3) is 3.26. The highest BCUT2D eigenvalue weighted by atomic mass is 35.5. The van der Waals surface area contributed by atoms with Gasteiger partial charge < -0.3 is 9.51 Å². The molecule has 114 valence electrons. The second-order valence-corrected chi connectivity index (χ2v) is 6.55. The highest BCUT2D eigenvalue weighted by Gasteiger charge is 2.18. The van der Waals surface area contributed by atoms with Crippen LogP contribution < -0.4 is 5.32 Å². The van der Waals surface area contributed by atoms with Gasteiger partial charge in [-0.2, -0.15) is 0 Å². The maximum absolute atomic E-state index is 12.1. The van der Waals surface area contributed by atoms with Gasteiger partial charge in [0.25, 0.3) is 0 Å². The summed E-state index contributed by atoms with van der Waals surface area (Å²) in [7, 11) is 0. The largest absolute Gasteiger partial charge is 0.338 e. The number of benzene rings is 1. The number of nitrogens with zero attached hydrogens (tertiary/aromatic N) is 2. The molecule has 0 radical (unpaired) electrons. The molecule has 8 heteroatoms. The lowest BCUT2D eigenvalue weighted by atomic mass is 10.3. The molecule has 1 amide bonds. The van der Waals surface area contributed by atoms with E-state index in [-0.39, 0.29) is 11.2 Å². The van der Waals surface area contributed by atoms with E-state index in [2.05, 4.69) is 20.4 Å². The van der Waals surface area contributed by atoms with Crippen LogP contribution in [0.3, 0.4) is 0 Å². The van der Waals surface area contributed by atoms with Gasteiger partial charge in [0.2, 0.25) is 11.8 Å². The summed E-state index contributed by atoms with van der Waals surface area (Å²) in [5, 5.41) is 7.35. The van der Waals surface area contributed by atoms with Crippen molar-refractivity contribution >= 4 is 46.2 Å². The van der Waals surface area contributed by atoms with Gasteiger partial charge in [0.1, 0.15) is 0 Å². The molecule has 2 heterocycles. The summed E-state index contributed by atoms with van der Waals surface area (Å²) < 4.78 is 4.97. The van der Waals surface area contributed by atoms with Crippen molar-refractivity contribution in [1.82, 2.24) is 15.1 Å². The summed E-state index contributed by atoms with van der Waals surface area (Å²) in [5.41, 5.74) is 2.36. The van der Waals surface area contributed by atoms with E-state index < -0.39 is 0 Å². The topological polar surface area (TPSA) is 83.8 Å². The fourth-order valence-electron chi connectivity index (χ4n) is 1.88. The number of hydrogen-bond acceptors (Lipinski definition) is 5. The van der Waals surface area contributed by atoms with Crippen LogP contribution in [0.4, 0.5) is 5.88 Å². The Morgan fingerprint density at radius 2 is 2.27 bits per heavy atom. The first kappa shape index (κ1) is 14.9. The first-order valence-electron chi connectivity index (χ1n) is 6.57. The summed E-state index contributed by atoms with van der Waals surface area (Å²) in [6, 6.07) is 7.08. The summed E-state index contributed by atoms with van der Waals surface area (Å²) in [6.07, 6.45) is 0. The molecule has 0 unspecified atom stereocenters. The lowest BCUT2D eigenvalue weighted by Gasteiger charge is -2.07. The van der Waals surface area contributed by atoms with Gasteiger partial charge in [-0.05, 0) is 32.0 Å². The summed E-state index contributed by atoms with van der Waals surface area (Å²) >= 11 is 7.27. The minimum atomic E-state index is -0.346. The molecule has 3 aromatic rings. The zero-order chi connectivity index (χ0) is 15.7. The molecule has 1 atom stereocenters. The molecular formula is C14H13ClN4O2S. The van der Waals surface area contributed by atoms with Crippen LogP contribution in [-0.4, -0.2) is 26.3 Å². The normalized spacial score (nSPS) is 12.5. The monoisotopic (exact) mass is 336 g/mol. The number of anilines is 1. The predicted octanol–water partition coefficient (Wildman–Crippen LogP) is 3.63. The van der Waals surface area contributed by atoms with E-state index in [1.807, 2.05) is 6.07 Å². The van der Waals surface area contributed by atoms with Gasteiger partial charge in [0.15, 0.2) is 5.16 Å². The molecule has 2 N–H and O–H groups in total. The summed E-state index contributed by atoms with van der Waals surface area (Å²) in [4.78, 5) is 19.7. The van der Waals surface area contributed by atoms with E-state index in [0.29, 0.717) is 21.8 Å². The molecule has 3 rings (SSSR count). The number of rotatable bonds is 4. The van der Waals surface area contributed by atoms with Gasteiger partial charge in [0, 0.05) is 11.1 Å². The number of carbonyl (C=O) groups excluding carboxylic acids is 1. The van der Waals surface area contributed by atoms with Crippen LogP contribution in [0.1, 0.15) is 12.6 Å². The van der Waals surface area contributed by atoms with Crippen LogP contribution in [0.2, 0.25) is 5.02 Å². The number of nitrogens with one attached hydrogen (secondary N) is 2. The molecule has 0 aliphatic heterocycles. The van der Waals surface area contributed by atoms with E-state index in [4.69, 9.17) is 16.1 Å². The maximum Gasteiger partial charge on any atom is 0.240 e.